The van der Waals surface area contributed by atoms with Gasteiger partial charge >= 0.3 is 0 Å². The zero-order chi connectivity index (χ0) is 8.97. The van der Waals surface area contributed by atoms with Crippen LogP contribution in [0.2, 0.25) is 0 Å². The molecule has 1 aromatic heterocycles. The summed E-state index contributed by atoms with van der Waals surface area (Å²) in [7, 11) is 0. The highest BCUT2D eigenvalue weighted by atomic mass is 79.9. The van der Waals surface area contributed by atoms with E-state index in [9.17, 15) is 0 Å². The number of hydrogen-bond donors (Lipinski definition) is 1. The predicted molar refractivity (Wildman–Crippen MR) is 49.5 cm³/mol. The summed E-state index contributed by atoms with van der Waals surface area (Å²) < 4.78 is 6.00. The Morgan fingerprint density at radius 2 is 2.42 bits per heavy atom. The summed E-state index contributed by atoms with van der Waals surface area (Å²) in [6.45, 7) is 3.05. The fourth-order valence-electron chi connectivity index (χ4n) is 0.718. The Labute approximate surface area is 79.3 Å². The van der Waals surface area contributed by atoms with Crippen molar-refractivity contribution in [3.05, 3.63) is 16.4 Å². The molecule has 4 nitrogen and oxygen atoms in total. The predicted octanol–water partition coefficient (Wildman–Crippen LogP) is 1.36. The van der Waals surface area contributed by atoms with Crippen LogP contribution in [-0.2, 0) is 11.3 Å². The number of rotatable bonds is 3. The first kappa shape index (κ1) is 9.41. The summed E-state index contributed by atoms with van der Waals surface area (Å²) in [5.41, 5.74) is 6.18. The molecule has 1 aromatic rings. The minimum atomic E-state index is 0.271. The van der Waals surface area contributed by atoms with Gasteiger partial charge in [0.1, 0.15) is 0 Å². The van der Waals surface area contributed by atoms with Crippen LogP contribution < -0.4 is 5.73 Å². The maximum atomic E-state index is 5.40. The molecule has 0 aromatic carbocycles. The molecule has 66 valence electrons. The van der Waals surface area contributed by atoms with Crippen LogP contribution >= 0.6 is 15.9 Å². The Morgan fingerprint density at radius 1 is 1.67 bits per heavy atom. The number of aromatic nitrogens is 2. The van der Waals surface area contributed by atoms with Gasteiger partial charge in [0.2, 0.25) is 5.95 Å². The Bertz CT molecular complexity index is 267. The first-order valence-electron chi connectivity index (χ1n) is 3.58. The molecule has 0 atom stereocenters. The van der Waals surface area contributed by atoms with Crippen molar-refractivity contribution >= 4 is 21.9 Å². The number of nitrogens with two attached hydrogens (primary N) is 1. The van der Waals surface area contributed by atoms with Gasteiger partial charge in [-0.05, 0) is 22.9 Å². The number of anilines is 1. The third-order valence-corrected chi connectivity index (χ3v) is 1.94. The zero-order valence-corrected chi connectivity index (χ0v) is 8.34. The smallest absolute Gasteiger partial charge is 0.220 e. The highest BCUT2D eigenvalue weighted by molar-refractivity contribution is 9.10. The van der Waals surface area contributed by atoms with E-state index >= 15 is 0 Å². The van der Waals surface area contributed by atoms with Crippen molar-refractivity contribution in [1.82, 2.24) is 9.97 Å². The van der Waals surface area contributed by atoms with Crippen LogP contribution in [0.15, 0.2) is 10.7 Å². The van der Waals surface area contributed by atoms with Crippen LogP contribution in [0, 0.1) is 0 Å². The molecule has 0 fully saturated rings. The molecule has 0 saturated heterocycles. The molecule has 0 aliphatic carbocycles. The SMILES string of the molecule is CCOCc1nc(N)ncc1Br. The van der Waals surface area contributed by atoms with Crippen LogP contribution in [0.1, 0.15) is 12.6 Å². The Hall–Kier alpha value is -0.680. The van der Waals surface area contributed by atoms with Gasteiger partial charge in [0.05, 0.1) is 16.8 Å². The van der Waals surface area contributed by atoms with Crippen molar-refractivity contribution in [1.29, 1.82) is 0 Å². The van der Waals surface area contributed by atoms with E-state index in [0.717, 1.165) is 10.2 Å². The monoisotopic (exact) mass is 231 g/mol. The second-order valence-corrected chi connectivity index (χ2v) is 3.01. The van der Waals surface area contributed by atoms with Crippen LogP contribution in [0.3, 0.4) is 0 Å². The van der Waals surface area contributed by atoms with Crippen molar-refractivity contribution in [2.24, 2.45) is 0 Å². The van der Waals surface area contributed by atoms with Crippen LogP contribution in [0.4, 0.5) is 5.95 Å². The molecule has 1 heterocycles. The quantitative estimate of drug-likeness (QED) is 0.854. The molecule has 0 bridgehead atoms. The number of halogens is 1. The number of hydrogen-bond acceptors (Lipinski definition) is 4. The second-order valence-electron chi connectivity index (χ2n) is 2.16. The first-order chi connectivity index (χ1) is 5.74. The molecule has 0 amide bonds. The van der Waals surface area contributed by atoms with Gasteiger partial charge in [-0.3, -0.25) is 0 Å². The molecule has 0 spiro atoms. The van der Waals surface area contributed by atoms with E-state index in [1.54, 1.807) is 6.20 Å². The average Bonchev–Trinajstić information content (AvgIpc) is 2.07. The summed E-state index contributed by atoms with van der Waals surface area (Å²) >= 11 is 3.30. The third kappa shape index (κ3) is 2.42. The van der Waals surface area contributed by atoms with Gasteiger partial charge in [-0.25, -0.2) is 9.97 Å². The number of nitrogens with zero attached hydrogens (tertiary/aromatic N) is 2. The largest absolute Gasteiger partial charge is 0.375 e. The van der Waals surface area contributed by atoms with Crippen molar-refractivity contribution < 1.29 is 4.74 Å². The standard InChI is InChI=1S/C7H10BrN3O/c1-2-12-4-6-5(8)3-10-7(9)11-6/h3H,2,4H2,1H3,(H2,9,10,11). The molecule has 5 heteroatoms. The van der Waals surface area contributed by atoms with Gasteiger partial charge in [-0.1, -0.05) is 0 Å². The zero-order valence-electron chi connectivity index (χ0n) is 6.75. The van der Waals surface area contributed by atoms with Gasteiger partial charge in [0.15, 0.2) is 0 Å². The maximum absolute atomic E-state index is 5.40. The number of ether oxygens (including phenoxy) is 1. The van der Waals surface area contributed by atoms with Crippen LogP contribution in [-0.4, -0.2) is 16.6 Å². The Balaban J connectivity index is 2.75. The van der Waals surface area contributed by atoms with E-state index in [1.165, 1.54) is 0 Å². The fourth-order valence-corrected chi connectivity index (χ4v) is 1.02. The molecule has 0 saturated carbocycles. The maximum Gasteiger partial charge on any atom is 0.220 e. The molecular weight excluding hydrogens is 222 g/mol. The van der Waals surface area contributed by atoms with E-state index in [1.807, 2.05) is 6.92 Å². The minimum Gasteiger partial charge on any atom is -0.375 e. The molecule has 0 radical (unpaired) electrons. The summed E-state index contributed by atoms with van der Waals surface area (Å²) in [6, 6.07) is 0. The highest BCUT2D eigenvalue weighted by Gasteiger charge is 2.02. The summed E-state index contributed by atoms with van der Waals surface area (Å²) in [5, 5.41) is 0. The minimum absolute atomic E-state index is 0.271. The molecule has 0 aliphatic heterocycles. The van der Waals surface area contributed by atoms with Gasteiger partial charge < -0.3 is 10.5 Å². The summed E-state index contributed by atoms with van der Waals surface area (Å²) in [5.74, 6) is 0.271. The Kier molecular flexibility index (Phi) is 3.43. The lowest BCUT2D eigenvalue weighted by molar-refractivity contribution is 0.131. The lowest BCUT2D eigenvalue weighted by atomic mass is 10.4. The lowest BCUT2D eigenvalue weighted by Gasteiger charge is -2.03. The molecule has 0 aliphatic rings. The van der Waals surface area contributed by atoms with E-state index in [2.05, 4.69) is 25.9 Å². The van der Waals surface area contributed by atoms with E-state index < -0.39 is 0 Å². The van der Waals surface area contributed by atoms with Gasteiger partial charge in [-0.15, -0.1) is 0 Å². The first-order valence-corrected chi connectivity index (χ1v) is 4.38. The fraction of sp³-hybridized carbons (Fsp3) is 0.429. The van der Waals surface area contributed by atoms with Crippen molar-refractivity contribution in [3.8, 4) is 0 Å². The molecular formula is C7H10BrN3O. The second kappa shape index (κ2) is 4.37. The number of nitrogen functional groups attached to an aromatic ring is 1. The van der Waals surface area contributed by atoms with Crippen LogP contribution in [0.25, 0.3) is 0 Å². The average molecular weight is 232 g/mol. The van der Waals surface area contributed by atoms with Gasteiger partial charge in [0.25, 0.3) is 0 Å². The molecule has 12 heavy (non-hydrogen) atoms. The normalized spacial score (nSPS) is 10.2. The van der Waals surface area contributed by atoms with E-state index in [4.69, 9.17) is 10.5 Å². The van der Waals surface area contributed by atoms with Crippen LogP contribution in [0.5, 0.6) is 0 Å². The molecule has 1 rings (SSSR count). The van der Waals surface area contributed by atoms with Crippen molar-refractivity contribution in [2.75, 3.05) is 12.3 Å². The molecule has 0 unspecified atom stereocenters. The molecule has 2 N–H and O–H groups in total. The highest BCUT2D eigenvalue weighted by Crippen LogP contribution is 2.14. The third-order valence-electron chi connectivity index (χ3n) is 1.28. The van der Waals surface area contributed by atoms with Gasteiger partial charge in [-0.2, -0.15) is 0 Å². The van der Waals surface area contributed by atoms with Crippen molar-refractivity contribution in [2.45, 2.75) is 13.5 Å². The lowest BCUT2D eigenvalue weighted by Crippen LogP contribution is -2.01. The van der Waals surface area contributed by atoms with E-state index in [0.29, 0.717) is 13.2 Å². The van der Waals surface area contributed by atoms with Crippen molar-refractivity contribution in [3.63, 3.8) is 0 Å². The van der Waals surface area contributed by atoms with Gasteiger partial charge in [0, 0.05) is 12.8 Å². The summed E-state index contributed by atoms with van der Waals surface area (Å²) in [4.78, 5) is 7.82. The van der Waals surface area contributed by atoms with E-state index in [-0.39, 0.29) is 5.95 Å². The summed E-state index contributed by atoms with van der Waals surface area (Å²) in [6.07, 6.45) is 1.62. The Morgan fingerprint density at radius 3 is 3.08 bits per heavy atom. The topological polar surface area (TPSA) is 61.0 Å².